The first kappa shape index (κ1) is 30.2. The number of nitrogens with zero attached hydrogens (tertiary/aromatic N) is 3. The highest BCUT2D eigenvalue weighted by atomic mass is 19.1. The Labute approximate surface area is 229 Å². The number of carbonyl (C=O) groups excluding carboxylic acids is 2. The Morgan fingerprint density at radius 1 is 1.21 bits per heavy atom. The second kappa shape index (κ2) is 13.1. The highest BCUT2D eigenvalue weighted by Crippen LogP contribution is 2.30. The molecular formula is C28H41FN4O6. The molecule has 216 valence electrons. The molecule has 0 aliphatic carbocycles. The molecule has 1 aromatic heterocycles. The van der Waals surface area contributed by atoms with Crippen LogP contribution >= 0.6 is 0 Å². The molecule has 10 nitrogen and oxygen atoms in total. The van der Waals surface area contributed by atoms with Gasteiger partial charge in [-0.2, -0.15) is 4.98 Å². The standard InChI is InChI=1S/C28H41FN4O6/c1-17(2)24-31-26(39-32-24)33-13-10-19(11-14-33)18(3)12-15-37-20-8-9-21(22(29)16-20)23(25(34)36-7)30-27(35)38-28(4,5)6/h8-9,16-19,23H,10-15H2,1-7H3,(H,30,35)/t18-,23+/m1/s1. The van der Waals surface area contributed by atoms with E-state index in [1.807, 2.05) is 13.8 Å². The monoisotopic (exact) mass is 548 g/mol. The van der Waals surface area contributed by atoms with Gasteiger partial charge >= 0.3 is 18.1 Å². The Balaban J connectivity index is 1.50. The Kier molecular flexibility index (Phi) is 10.2. The Hall–Kier alpha value is -3.37. The van der Waals surface area contributed by atoms with Gasteiger partial charge in [0.1, 0.15) is 17.2 Å². The van der Waals surface area contributed by atoms with Gasteiger partial charge < -0.3 is 29.0 Å². The fourth-order valence-corrected chi connectivity index (χ4v) is 4.49. The zero-order chi connectivity index (χ0) is 28.7. The highest BCUT2D eigenvalue weighted by Gasteiger charge is 2.30. The predicted molar refractivity (Wildman–Crippen MR) is 143 cm³/mol. The van der Waals surface area contributed by atoms with Crippen LogP contribution in [0.25, 0.3) is 0 Å². The number of anilines is 1. The summed E-state index contributed by atoms with van der Waals surface area (Å²) in [6, 6.07) is 3.43. The zero-order valence-corrected chi connectivity index (χ0v) is 24.0. The van der Waals surface area contributed by atoms with Crippen LogP contribution in [0, 0.1) is 17.7 Å². The van der Waals surface area contributed by atoms with Gasteiger partial charge in [-0.05, 0) is 64.0 Å². The largest absolute Gasteiger partial charge is 0.493 e. The molecule has 2 atom stereocenters. The van der Waals surface area contributed by atoms with E-state index < -0.39 is 29.5 Å². The van der Waals surface area contributed by atoms with Crippen molar-refractivity contribution < 1.29 is 32.7 Å². The first-order chi connectivity index (χ1) is 18.4. The minimum absolute atomic E-state index is 0.0399. The summed E-state index contributed by atoms with van der Waals surface area (Å²) in [6.45, 7) is 13.5. The first-order valence-corrected chi connectivity index (χ1v) is 13.5. The van der Waals surface area contributed by atoms with Crippen LogP contribution in [0.15, 0.2) is 22.7 Å². The second-order valence-corrected chi connectivity index (χ2v) is 11.3. The van der Waals surface area contributed by atoms with Crippen LogP contribution in [0.5, 0.6) is 5.75 Å². The van der Waals surface area contributed by atoms with Crippen LogP contribution < -0.4 is 15.0 Å². The van der Waals surface area contributed by atoms with Gasteiger partial charge in [0.15, 0.2) is 11.9 Å². The third-order valence-electron chi connectivity index (χ3n) is 6.79. The molecule has 0 radical (unpaired) electrons. The number of halogens is 1. The maximum atomic E-state index is 15.0. The average Bonchev–Trinajstić information content (AvgIpc) is 3.37. The van der Waals surface area contributed by atoms with Crippen molar-refractivity contribution in [3.63, 3.8) is 0 Å². The molecular weight excluding hydrogens is 507 g/mol. The lowest BCUT2D eigenvalue weighted by atomic mass is 9.84. The number of amides is 1. The molecule has 1 aromatic carbocycles. The molecule has 1 aliphatic rings. The van der Waals surface area contributed by atoms with Crippen LogP contribution in [0.1, 0.15) is 84.2 Å². The van der Waals surface area contributed by atoms with Gasteiger partial charge in [-0.3, -0.25) is 0 Å². The summed E-state index contributed by atoms with van der Waals surface area (Å²) in [5.74, 6) is 0.753. The van der Waals surface area contributed by atoms with Crippen molar-refractivity contribution in [1.82, 2.24) is 15.5 Å². The third kappa shape index (κ3) is 8.56. The van der Waals surface area contributed by atoms with E-state index >= 15 is 0 Å². The fourth-order valence-electron chi connectivity index (χ4n) is 4.49. The summed E-state index contributed by atoms with van der Waals surface area (Å²) in [4.78, 5) is 31.1. The zero-order valence-electron chi connectivity index (χ0n) is 24.0. The van der Waals surface area contributed by atoms with Crippen LogP contribution in [0.4, 0.5) is 15.2 Å². The number of carbonyl (C=O) groups is 2. The first-order valence-electron chi connectivity index (χ1n) is 13.5. The quantitative estimate of drug-likeness (QED) is 0.390. The lowest BCUT2D eigenvalue weighted by molar-refractivity contribution is -0.143. The summed E-state index contributed by atoms with van der Waals surface area (Å²) in [6.07, 6.45) is 2.00. The number of benzene rings is 1. The van der Waals surface area contributed by atoms with Gasteiger partial charge in [-0.15, -0.1) is 0 Å². The minimum atomic E-state index is -1.35. The molecule has 1 N–H and O–H groups in total. The molecule has 1 saturated heterocycles. The van der Waals surface area contributed by atoms with Crippen molar-refractivity contribution in [2.45, 2.75) is 78.4 Å². The van der Waals surface area contributed by atoms with Crippen LogP contribution in [-0.4, -0.2) is 54.6 Å². The van der Waals surface area contributed by atoms with Crippen molar-refractivity contribution in [2.24, 2.45) is 11.8 Å². The Morgan fingerprint density at radius 2 is 1.90 bits per heavy atom. The Morgan fingerprint density at radius 3 is 2.46 bits per heavy atom. The van der Waals surface area contributed by atoms with E-state index in [0.717, 1.165) is 38.2 Å². The van der Waals surface area contributed by atoms with Crippen molar-refractivity contribution in [1.29, 1.82) is 0 Å². The molecule has 11 heteroatoms. The lowest BCUT2D eigenvalue weighted by Gasteiger charge is -2.33. The topological polar surface area (TPSA) is 116 Å². The third-order valence-corrected chi connectivity index (χ3v) is 6.79. The number of alkyl carbamates (subject to hydrolysis) is 1. The van der Waals surface area contributed by atoms with Gasteiger partial charge in [0.2, 0.25) is 0 Å². The Bertz CT molecular complexity index is 1110. The van der Waals surface area contributed by atoms with Gasteiger partial charge in [0, 0.05) is 30.6 Å². The van der Waals surface area contributed by atoms with Crippen LogP contribution in [-0.2, 0) is 14.3 Å². The maximum Gasteiger partial charge on any atom is 0.408 e. The molecule has 0 bridgehead atoms. The van der Waals surface area contributed by atoms with E-state index in [0.29, 0.717) is 30.2 Å². The van der Waals surface area contributed by atoms with E-state index in [1.54, 1.807) is 26.8 Å². The number of aromatic nitrogens is 2. The number of esters is 1. The molecule has 2 aromatic rings. The molecule has 3 rings (SSSR count). The number of hydrogen-bond donors (Lipinski definition) is 1. The number of ether oxygens (including phenoxy) is 3. The normalized spacial score (nSPS) is 16.1. The fraction of sp³-hybridized carbons (Fsp3) is 0.643. The van der Waals surface area contributed by atoms with Gasteiger partial charge in [-0.1, -0.05) is 25.9 Å². The summed E-state index contributed by atoms with van der Waals surface area (Å²) < 4.78 is 36.2. The summed E-state index contributed by atoms with van der Waals surface area (Å²) >= 11 is 0. The van der Waals surface area contributed by atoms with Gasteiger partial charge in [0.25, 0.3) is 0 Å². The summed E-state index contributed by atoms with van der Waals surface area (Å²) in [5, 5.41) is 6.44. The number of rotatable bonds is 10. The van der Waals surface area contributed by atoms with E-state index in [-0.39, 0.29) is 11.5 Å². The highest BCUT2D eigenvalue weighted by molar-refractivity contribution is 5.82. The van der Waals surface area contributed by atoms with Crippen LogP contribution in [0.3, 0.4) is 0 Å². The second-order valence-electron chi connectivity index (χ2n) is 11.3. The van der Waals surface area contributed by atoms with E-state index in [4.69, 9.17) is 18.7 Å². The van der Waals surface area contributed by atoms with E-state index in [1.165, 1.54) is 19.2 Å². The predicted octanol–water partition coefficient (Wildman–Crippen LogP) is 5.39. The van der Waals surface area contributed by atoms with Gasteiger partial charge in [-0.25, -0.2) is 14.0 Å². The smallest absolute Gasteiger partial charge is 0.408 e. The molecule has 39 heavy (non-hydrogen) atoms. The number of methoxy groups -OCH3 is 1. The molecule has 0 unspecified atom stereocenters. The number of piperidine rings is 1. The summed E-state index contributed by atoms with van der Waals surface area (Å²) in [5.41, 5.74) is -0.817. The van der Waals surface area contributed by atoms with Crippen molar-refractivity contribution >= 4 is 18.1 Å². The average molecular weight is 549 g/mol. The molecule has 1 aliphatic heterocycles. The van der Waals surface area contributed by atoms with Crippen LogP contribution in [0.2, 0.25) is 0 Å². The van der Waals surface area contributed by atoms with Crippen molar-refractivity contribution in [2.75, 3.05) is 31.7 Å². The number of hydrogen-bond acceptors (Lipinski definition) is 9. The van der Waals surface area contributed by atoms with E-state index in [9.17, 15) is 14.0 Å². The molecule has 1 fully saturated rings. The number of nitrogens with one attached hydrogen (secondary N) is 1. The molecule has 2 heterocycles. The summed E-state index contributed by atoms with van der Waals surface area (Å²) in [7, 11) is 1.17. The SMILES string of the molecule is COC(=O)[C@@H](NC(=O)OC(C)(C)C)c1ccc(OCC[C@@H](C)C2CCN(c3nc(C(C)C)no3)CC2)cc1F. The van der Waals surface area contributed by atoms with Crippen molar-refractivity contribution in [3.8, 4) is 5.75 Å². The molecule has 0 spiro atoms. The lowest BCUT2D eigenvalue weighted by Crippen LogP contribution is -2.38. The van der Waals surface area contributed by atoms with Crippen molar-refractivity contribution in [3.05, 3.63) is 35.4 Å². The maximum absolute atomic E-state index is 15.0. The molecule has 1 amide bonds. The molecule has 0 saturated carbocycles. The van der Waals surface area contributed by atoms with E-state index in [2.05, 4.69) is 27.3 Å². The minimum Gasteiger partial charge on any atom is -0.493 e. The van der Waals surface area contributed by atoms with Gasteiger partial charge in [0.05, 0.1) is 13.7 Å².